The van der Waals surface area contributed by atoms with Crippen LogP contribution in [0.4, 0.5) is 4.39 Å². The van der Waals surface area contributed by atoms with E-state index in [1.807, 2.05) is 0 Å². The Bertz CT molecular complexity index is 920. The van der Waals surface area contributed by atoms with E-state index < -0.39 is 5.82 Å². The van der Waals surface area contributed by atoms with E-state index in [-0.39, 0.29) is 28.5 Å². The minimum atomic E-state index is -0.539. The lowest BCUT2D eigenvalue weighted by Crippen LogP contribution is -2.28. The summed E-state index contributed by atoms with van der Waals surface area (Å²) in [6, 6.07) is 7.92. The number of nitrogens with one attached hydrogen (secondary N) is 1. The van der Waals surface area contributed by atoms with E-state index in [2.05, 4.69) is 15.3 Å². The second-order valence-electron chi connectivity index (χ2n) is 5.46. The highest BCUT2D eigenvalue weighted by atomic mass is 35.5. The zero-order chi connectivity index (χ0) is 16.0. The zero-order valence-electron chi connectivity index (χ0n) is 12.0. The Morgan fingerprint density at radius 1 is 1.35 bits per heavy atom. The Labute approximate surface area is 136 Å². The Morgan fingerprint density at radius 2 is 2.17 bits per heavy atom. The second-order valence-corrected chi connectivity index (χ2v) is 5.90. The van der Waals surface area contributed by atoms with Gasteiger partial charge in [0.05, 0.1) is 5.69 Å². The number of benzene rings is 1. The highest BCUT2D eigenvalue weighted by Crippen LogP contribution is 2.25. The smallest absolute Gasteiger partial charge is 0.287 e. The van der Waals surface area contributed by atoms with Gasteiger partial charge in [0.1, 0.15) is 11.3 Å². The van der Waals surface area contributed by atoms with Crippen molar-refractivity contribution in [3.63, 3.8) is 0 Å². The van der Waals surface area contributed by atoms with Crippen LogP contribution in [0, 0.1) is 5.82 Å². The first-order valence-corrected chi connectivity index (χ1v) is 7.61. The molecule has 116 valence electrons. The van der Waals surface area contributed by atoms with Crippen LogP contribution in [-0.4, -0.2) is 26.5 Å². The normalized spacial score (nSPS) is 14.2. The van der Waals surface area contributed by atoms with E-state index in [0.717, 1.165) is 12.8 Å². The number of carbonyl (C=O) groups excluding carboxylic acids is 1. The van der Waals surface area contributed by atoms with Crippen LogP contribution in [0.5, 0.6) is 0 Å². The van der Waals surface area contributed by atoms with Crippen molar-refractivity contribution >= 4 is 28.7 Å². The van der Waals surface area contributed by atoms with Crippen LogP contribution >= 0.6 is 11.6 Å². The number of pyridine rings is 1. The lowest BCUT2D eigenvalue weighted by Gasteiger charge is -2.10. The molecule has 1 aliphatic carbocycles. The van der Waals surface area contributed by atoms with Gasteiger partial charge in [-0.1, -0.05) is 11.6 Å². The van der Waals surface area contributed by atoms with Crippen molar-refractivity contribution in [2.24, 2.45) is 0 Å². The molecule has 1 aliphatic rings. The molecule has 5 nitrogen and oxygen atoms in total. The van der Waals surface area contributed by atoms with Crippen LogP contribution in [-0.2, 0) is 0 Å². The number of hydrogen-bond acceptors (Lipinski definition) is 3. The summed E-state index contributed by atoms with van der Waals surface area (Å²) in [5.74, 6) is -0.755. The largest absolute Gasteiger partial charge is 0.347 e. The number of nitrogens with zero attached hydrogens (tertiary/aromatic N) is 3. The molecular weight excluding hydrogens is 319 g/mol. The highest BCUT2D eigenvalue weighted by Gasteiger charge is 2.28. The van der Waals surface area contributed by atoms with Crippen LogP contribution in [0.3, 0.4) is 0 Å². The third-order valence-corrected chi connectivity index (χ3v) is 3.92. The van der Waals surface area contributed by atoms with Gasteiger partial charge in [0.2, 0.25) is 5.82 Å². The summed E-state index contributed by atoms with van der Waals surface area (Å²) in [4.78, 5) is 21.0. The summed E-state index contributed by atoms with van der Waals surface area (Å²) >= 11 is 5.82. The number of fused-ring (bicyclic) bond motifs is 1. The fraction of sp³-hybridized carbons (Fsp3) is 0.188. The van der Waals surface area contributed by atoms with Gasteiger partial charge in [-0.3, -0.25) is 9.36 Å². The monoisotopic (exact) mass is 330 g/mol. The van der Waals surface area contributed by atoms with E-state index in [9.17, 15) is 9.18 Å². The molecule has 0 aliphatic heterocycles. The van der Waals surface area contributed by atoms with Gasteiger partial charge >= 0.3 is 0 Å². The first-order valence-electron chi connectivity index (χ1n) is 7.23. The van der Waals surface area contributed by atoms with Gasteiger partial charge in [-0.05, 0) is 43.2 Å². The lowest BCUT2D eigenvalue weighted by atomic mass is 10.3. The van der Waals surface area contributed by atoms with Crippen LogP contribution in [0.15, 0.2) is 36.5 Å². The molecule has 0 radical (unpaired) electrons. The summed E-state index contributed by atoms with van der Waals surface area (Å²) in [5.41, 5.74) is 1.15. The molecule has 1 aromatic carbocycles. The Morgan fingerprint density at radius 3 is 2.91 bits per heavy atom. The number of halogens is 2. The molecule has 1 fully saturated rings. The van der Waals surface area contributed by atoms with E-state index >= 15 is 0 Å². The second kappa shape index (κ2) is 5.31. The highest BCUT2D eigenvalue weighted by molar-refractivity contribution is 6.30. The van der Waals surface area contributed by atoms with E-state index in [1.165, 1.54) is 16.7 Å². The third kappa shape index (κ3) is 2.55. The molecule has 23 heavy (non-hydrogen) atoms. The molecule has 1 amide bonds. The molecule has 1 N–H and O–H groups in total. The molecule has 0 bridgehead atoms. The molecule has 0 spiro atoms. The summed E-state index contributed by atoms with van der Waals surface area (Å²) in [6.45, 7) is 0. The van der Waals surface area contributed by atoms with E-state index in [4.69, 9.17) is 11.6 Å². The van der Waals surface area contributed by atoms with Gasteiger partial charge < -0.3 is 5.32 Å². The SMILES string of the molecule is O=C(NC1CC1)c1nc2cccnc2n1-c1ccc(Cl)cc1F. The molecule has 7 heteroatoms. The van der Waals surface area contributed by atoms with Gasteiger partial charge in [0.25, 0.3) is 5.91 Å². The number of amides is 1. The fourth-order valence-electron chi connectivity index (χ4n) is 2.43. The first kappa shape index (κ1) is 14.1. The minimum absolute atomic E-state index is 0.117. The maximum atomic E-state index is 14.4. The number of carbonyl (C=O) groups is 1. The maximum Gasteiger partial charge on any atom is 0.287 e. The maximum absolute atomic E-state index is 14.4. The molecule has 4 rings (SSSR count). The summed E-state index contributed by atoms with van der Waals surface area (Å²) in [7, 11) is 0. The Hall–Kier alpha value is -2.47. The van der Waals surface area contributed by atoms with Crippen molar-refractivity contribution in [1.29, 1.82) is 0 Å². The Kier molecular flexibility index (Phi) is 3.27. The minimum Gasteiger partial charge on any atom is -0.347 e. The molecule has 1 saturated carbocycles. The molecule has 0 saturated heterocycles. The molecule has 0 atom stereocenters. The van der Waals surface area contributed by atoms with Gasteiger partial charge in [-0.15, -0.1) is 0 Å². The van der Waals surface area contributed by atoms with Gasteiger partial charge in [-0.25, -0.2) is 14.4 Å². The standard InChI is InChI=1S/C16H12ClFN4O/c17-9-3-6-13(11(18)8-9)22-14-12(2-1-7-19-14)21-15(22)16(23)20-10-4-5-10/h1-3,6-8,10H,4-5H2,(H,20,23). The number of rotatable bonds is 3. The quantitative estimate of drug-likeness (QED) is 0.802. The summed E-state index contributed by atoms with van der Waals surface area (Å²) in [5, 5.41) is 3.16. The predicted octanol–water partition coefficient (Wildman–Crippen LogP) is 3.11. The van der Waals surface area contributed by atoms with Gasteiger partial charge in [0, 0.05) is 17.3 Å². The lowest BCUT2D eigenvalue weighted by molar-refractivity contribution is 0.0939. The van der Waals surface area contributed by atoms with Crippen molar-refractivity contribution in [2.45, 2.75) is 18.9 Å². The number of imidazole rings is 1. The van der Waals surface area contributed by atoms with Crippen molar-refractivity contribution in [2.75, 3.05) is 0 Å². The average molecular weight is 331 g/mol. The summed E-state index contributed by atoms with van der Waals surface area (Å²) < 4.78 is 15.8. The molecular formula is C16H12ClFN4O. The first-order chi connectivity index (χ1) is 11.1. The number of aromatic nitrogens is 3. The topological polar surface area (TPSA) is 59.8 Å². The molecule has 2 heterocycles. The Balaban J connectivity index is 1.93. The van der Waals surface area contributed by atoms with Crippen molar-refractivity contribution < 1.29 is 9.18 Å². The van der Waals surface area contributed by atoms with Crippen LogP contribution in [0.1, 0.15) is 23.5 Å². The van der Waals surface area contributed by atoms with Crippen LogP contribution < -0.4 is 5.32 Å². The number of hydrogen-bond donors (Lipinski definition) is 1. The zero-order valence-corrected chi connectivity index (χ0v) is 12.7. The van der Waals surface area contributed by atoms with Gasteiger partial charge in [-0.2, -0.15) is 0 Å². The van der Waals surface area contributed by atoms with Crippen molar-refractivity contribution in [3.05, 3.63) is 53.2 Å². The average Bonchev–Trinajstić information content (AvgIpc) is 3.25. The fourth-order valence-corrected chi connectivity index (χ4v) is 2.59. The van der Waals surface area contributed by atoms with Crippen LogP contribution in [0.25, 0.3) is 16.9 Å². The van der Waals surface area contributed by atoms with E-state index in [1.54, 1.807) is 24.4 Å². The molecule has 3 aromatic rings. The predicted molar refractivity (Wildman–Crippen MR) is 84.3 cm³/mol. The summed E-state index contributed by atoms with van der Waals surface area (Å²) in [6.07, 6.45) is 3.50. The van der Waals surface area contributed by atoms with Gasteiger partial charge in [0.15, 0.2) is 5.65 Å². The third-order valence-electron chi connectivity index (χ3n) is 3.68. The van der Waals surface area contributed by atoms with Crippen molar-refractivity contribution in [3.8, 4) is 5.69 Å². The van der Waals surface area contributed by atoms with Crippen molar-refractivity contribution in [1.82, 2.24) is 19.9 Å². The molecule has 0 unspecified atom stereocenters. The van der Waals surface area contributed by atoms with Crippen LogP contribution in [0.2, 0.25) is 5.02 Å². The molecule has 2 aromatic heterocycles. The van der Waals surface area contributed by atoms with E-state index in [0.29, 0.717) is 11.2 Å².